The maximum atomic E-state index is 12.7. The molecule has 0 spiro atoms. The predicted molar refractivity (Wildman–Crippen MR) is 110 cm³/mol. The van der Waals surface area contributed by atoms with Crippen LogP contribution < -0.4 is 15.4 Å². The third-order valence-corrected chi connectivity index (χ3v) is 5.49. The Labute approximate surface area is 175 Å². The first-order valence-corrected chi connectivity index (χ1v) is 10.4. The summed E-state index contributed by atoms with van der Waals surface area (Å²) in [6.45, 7) is 10.8. The topological polar surface area (TPSA) is 58.1 Å². The lowest BCUT2D eigenvalue weighted by Gasteiger charge is -2.39. The van der Waals surface area contributed by atoms with Crippen LogP contribution in [-0.2, 0) is 4.74 Å². The summed E-state index contributed by atoms with van der Waals surface area (Å²) in [5.74, 6) is 0.509. The minimum atomic E-state index is -4.70. The molecule has 2 aliphatic rings. The van der Waals surface area contributed by atoms with Crippen molar-refractivity contribution in [2.45, 2.75) is 51.1 Å². The van der Waals surface area contributed by atoms with E-state index < -0.39 is 6.36 Å². The van der Waals surface area contributed by atoms with Crippen LogP contribution in [0.5, 0.6) is 5.75 Å². The van der Waals surface area contributed by atoms with Crippen molar-refractivity contribution in [2.75, 3.05) is 39.4 Å². The molecule has 2 fully saturated rings. The van der Waals surface area contributed by atoms with Crippen LogP contribution in [0.3, 0.4) is 0 Å². The molecule has 1 heterocycles. The molecule has 9 heteroatoms. The number of hydrogen-bond acceptors (Lipinski definition) is 4. The predicted octanol–water partition coefficient (Wildman–Crippen LogP) is 3.11. The highest BCUT2D eigenvalue weighted by Crippen LogP contribution is 2.45. The lowest BCUT2D eigenvalue weighted by atomic mass is 10.0. The fourth-order valence-corrected chi connectivity index (χ4v) is 3.74. The number of guanidine groups is 1. The van der Waals surface area contributed by atoms with Gasteiger partial charge >= 0.3 is 6.36 Å². The van der Waals surface area contributed by atoms with Gasteiger partial charge in [0.1, 0.15) is 5.75 Å². The smallest absolute Gasteiger partial charge is 0.405 e. The van der Waals surface area contributed by atoms with Gasteiger partial charge in [0.2, 0.25) is 0 Å². The quantitative estimate of drug-likeness (QED) is 0.516. The van der Waals surface area contributed by atoms with Crippen molar-refractivity contribution >= 4 is 5.96 Å². The third-order valence-electron chi connectivity index (χ3n) is 5.49. The van der Waals surface area contributed by atoms with Crippen LogP contribution in [0.2, 0.25) is 0 Å². The lowest BCUT2D eigenvalue weighted by Crippen LogP contribution is -2.52. The van der Waals surface area contributed by atoms with E-state index in [2.05, 4.69) is 34.1 Å². The molecule has 1 aromatic rings. The second kappa shape index (κ2) is 9.43. The Morgan fingerprint density at radius 3 is 2.60 bits per heavy atom. The van der Waals surface area contributed by atoms with E-state index in [4.69, 9.17) is 9.73 Å². The SMILES string of the molecule is CCNC(=NCC(C)(C)N1CCOCC1)NC1CC1c1ccccc1OC(F)(F)F. The van der Waals surface area contributed by atoms with Gasteiger partial charge in [-0.1, -0.05) is 18.2 Å². The molecule has 3 rings (SSSR count). The summed E-state index contributed by atoms with van der Waals surface area (Å²) in [6, 6.07) is 6.36. The molecular weight excluding hydrogens is 397 g/mol. The van der Waals surface area contributed by atoms with Crippen molar-refractivity contribution in [2.24, 2.45) is 4.99 Å². The molecule has 6 nitrogen and oxygen atoms in total. The normalized spacial score (nSPS) is 23.2. The Bertz CT molecular complexity index is 733. The third kappa shape index (κ3) is 6.25. The Morgan fingerprint density at radius 2 is 1.93 bits per heavy atom. The Morgan fingerprint density at radius 1 is 1.23 bits per heavy atom. The van der Waals surface area contributed by atoms with Gasteiger partial charge in [0, 0.05) is 37.1 Å². The van der Waals surface area contributed by atoms with Crippen molar-refractivity contribution < 1.29 is 22.6 Å². The van der Waals surface area contributed by atoms with Gasteiger partial charge < -0.3 is 20.1 Å². The number of nitrogens with zero attached hydrogens (tertiary/aromatic N) is 2. The van der Waals surface area contributed by atoms with E-state index >= 15 is 0 Å². The summed E-state index contributed by atoms with van der Waals surface area (Å²) in [5, 5.41) is 6.60. The lowest BCUT2D eigenvalue weighted by molar-refractivity contribution is -0.274. The molecule has 168 valence electrons. The zero-order valence-corrected chi connectivity index (χ0v) is 17.8. The van der Waals surface area contributed by atoms with E-state index in [9.17, 15) is 13.2 Å². The van der Waals surface area contributed by atoms with Crippen molar-refractivity contribution in [1.29, 1.82) is 0 Å². The van der Waals surface area contributed by atoms with Crippen LogP contribution in [0.4, 0.5) is 13.2 Å². The minimum Gasteiger partial charge on any atom is -0.405 e. The average Bonchev–Trinajstić information content (AvgIpc) is 3.45. The fraction of sp³-hybridized carbons (Fsp3) is 0.667. The summed E-state index contributed by atoms with van der Waals surface area (Å²) in [4.78, 5) is 7.12. The number of hydrogen-bond donors (Lipinski definition) is 2. The molecular formula is C21H31F3N4O2. The van der Waals surface area contributed by atoms with Crippen LogP contribution in [0, 0.1) is 0 Å². The molecule has 0 amide bonds. The number of benzene rings is 1. The Hall–Kier alpha value is -2.00. The average molecular weight is 428 g/mol. The molecule has 2 atom stereocenters. The highest BCUT2D eigenvalue weighted by Gasteiger charge is 2.42. The summed E-state index contributed by atoms with van der Waals surface area (Å²) in [7, 11) is 0. The Balaban J connectivity index is 1.62. The van der Waals surface area contributed by atoms with Gasteiger partial charge in [-0.15, -0.1) is 13.2 Å². The molecule has 1 aliphatic carbocycles. The van der Waals surface area contributed by atoms with E-state index in [0.717, 1.165) is 32.7 Å². The van der Waals surface area contributed by atoms with Crippen LogP contribution in [0.25, 0.3) is 0 Å². The van der Waals surface area contributed by atoms with E-state index in [1.54, 1.807) is 18.2 Å². The van der Waals surface area contributed by atoms with Gasteiger partial charge in [-0.25, -0.2) is 0 Å². The summed E-state index contributed by atoms with van der Waals surface area (Å²) < 4.78 is 47.7. The van der Waals surface area contributed by atoms with Crippen molar-refractivity contribution in [3.8, 4) is 5.75 Å². The van der Waals surface area contributed by atoms with Gasteiger partial charge in [-0.2, -0.15) is 0 Å². The van der Waals surface area contributed by atoms with Crippen molar-refractivity contribution in [1.82, 2.24) is 15.5 Å². The molecule has 1 saturated carbocycles. The van der Waals surface area contributed by atoms with E-state index in [0.29, 0.717) is 24.6 Å². The number of alkyl halides is 3. The van der Waals surface area contributed by atoms with Gasteiger partial charge in [0.05, 0.1) is 19.8 Å². The molecule has 2 unspecified atom stereocenters. The standard InChI is InChI=1S/C21H31F3N4O2/c1-4-25-19(26-14-20(2,3)28-9-11-29-12-10-28)27-17-13-16(17)15-7-5-6-8-18(15)30-21(22,23)24/h5-8,16-17H,4,9-14H2,1-3H3,(H2,25,26,27). The van der Waals surface area contributed by atoms with Gasteiger partial charge in [-0.05, 0) is 38.8 Å². The van der Waals surface area contributed by atoms with Crippen LogP contribution in [-0.4, -0.2) is 68.2 Å². The van der Waals surface area contributed by atoms with E-state index in [1.165, 1.54) is 6.07 Å². The Kier molecular flexibility index (Phi) is 7.13. The first kappa shape index (κ1) is 22.7. The molecule has 30 heavy (non-hydrogen) atoms. The van der Waals surface area contributed by atoms with Crippen LogP contribution in [0.1, 0.15) is 38.7 Å². The highest BCUT2D eigenvalue weighted by molar-refractivity contribution is 5.80. The van der Waals surface area contributed by atoms with Crippen LogP contribution in [0.15, 0.2) is 29.3 Å². The second-order valence-electron chi connectivity index (χ2n) is 8.29. The molecule has 1 saturated heterocycles. The minimum absolute atomic E-state index is 0.0206. The number of rotatable bonds is 7. The zero-order valence-electron chi connectivity index (χ0n) is 17.8. The highest BCUT2D eigenvalue weighted by atomic mass is 19.4. The van der Waals surface area contributed by atoms with Crippen molar-refractivity contribution in [3.05, 3.63) is 29.8 Å². The summed E-state index contributed by atoms with van der Waals surface area (Å²) in [5.41, 5.74) is 0.458. The number of nitrogens with one attached hydrogen (secondary N) is 2. The molecule has 1 aliphatic heterocycles. The summed E-state index contributed by atoms with van der Waals surface area (Å²) in [6.07, 6.45) is -3.97. The molecule has 0 radical (unpaired) electrons. The van der Waals surface area contributed by atoms with Gasteiger partial charge in [0.25, 0.3) is 0 Å². The first-order valence-electron chi connectivity index (χ1n) is 10.4. The number of para-hydroxylation sites is 1. The number of morpholine rings is 1. The van der Waals surface area contributed by atoms with Gasteiger partial charge in [-0.3, -0.25) is 9.89 Å². The maximum absolute atomic E-state index is 12.7. The summed E-state index contributed by atoms with van der Waals surface area (Å²) >= 11 is 0. The maximum Gasteiger partial charge on any atom is 0.573 e. The molecule has 0 aromatic heterocycles. The van der Waals surface area contributed by atoms with Crippen molar-refractivity contribution in [3.63, 3.8) is 0 Å². The van der Waals surface area contributed by atoms with E-state index in [-0.39, 0.29) is 23.2 Å². The monoisotopic (exact) mass is 428 g/mol. The van der Waals surface area contributed by atoms with E-state index in [1.807, 2.05) is 6.92 Å². The number of aliphatic imine (C=N–C) groups is 1. The largest absolute Gasteiger partial charge is 0.573 e. The number of halogens is 3. The van der Waals surface area contributed by atoms with Gasteiger partial charge in [0.15, 0.2) is 5.96 Å². The zero-order chi connectivity index (χ0) is 21.8. The number of ether oxygens (including phenoxy) is 2. The molecule has 0 bridgehead atoms. The second-order valence-corrected chi connectivity index (χ2v) is 8.29. The molecule has 1 aromatic carbocycles. The fourth-order valence-electron chi connectivity index (χ4n) is 3.74. The van der Waals surface area contributed by atoms with Crippen LogP contribution >= 0.6 is 0 Å². The molecule has 2 N–H and O–H groups in total. The first-order chi connectivity index (χ1) is 14.2.